The molecule has 0 bridgehead atoms. The Hall–Kier alpha value is -1.92. The Bertz CT molecular complexity index is 873. The molecule has 1 aliphatic heterocycles. The lowest BCUT2D eigenvalue weighted by Gasteiger charge is -2.36. The topological polar surface area (TPSA) is 32.8 Å². The fourth-order valence-corrected chi connectivity index (χ4v) is 3.33. The lowest BCUT2D eigenvalue weighted by atomic mass is 10.2. The van der Waals surface area contributed by atoms with Gasteiger partial charge in [-0.3, -0.25) is 4.90 Å². The van der Waals surface area contributed by atoms with Gasteiger partial charge in [-0.25, -0.2) is 13.6 Å². The van der Waals surface area contributed by atoms with E-state index < -0.39 is 11.6 Å². The average Bonchev–Trinajstić information content (AvgIpc) is 2.66. The van der Waals surface area contributed by atoms with Crippen LogP contribution in [0.1, 0.15) is 5.56 Å². The Morgan fingerprint density at radius 1 is 1.15 bits per heavy atom. The number of benzene rings is 2. The highest BCUT2D eigenvalue weighted by atomic mass is 79.9. The van der Waals surface area contributed by atoms with E-state index >= 15 is 0 Å². The summed E-state index contributed by atoms with van der Waals surface area (Å²) in [4.78, 5) is 15.2. The van der Waals surface area contributed by atoms with E-state index in [1.807, 2.05) is 30.2 Å². The molecule has 27 heavy (non-hydrogen) atoms. The fraction of sp³-hybridized carbons (Fsp3) is 0.263. The van der Waals surface area contributed by atoms with Gasteiger partial charge in [-0.15, -0.1) is 0 Å². The molecule has 8 heteroatoms. The molecule has 2 aromatic carbocycles. The summed E-state index contributed by atoms with van der Waals surface area (Å²) in [5.74, 6) is 0.170. The molecule has 1 heterocycles. The minimum Gasteiger partial charge on any atom is -0.472 e. The first-order chi connectivity index (χ1) is 13.0. The normalized spacial score (nSPS) is 15.0. The van der Waals surface area contributed by atoms with Gasteiger partial charge in [-0.2, -0.15) is 0 Å². The van der Waals surface area contributed by atoms with Gasteiger partial charge in [0.2, 0.25) is 0 Å². The Morgan fingerprint density at radius 3 is 2.56 bits per heavy atom. The zero-order valence-corrected chi connectivity index (χ0v) is 16.6. The van der Waals surface area contributed by atoms with E-state index in [1.165, 1.54) is 0 Å². The predicted octanol–water partition coefficient (Wildman–Crippen LogP) is 4.25. The first-order valence-corrected chi connectivity index (χ1v) is 9.36. The molecule has 0 aliphatic carbocycles. The molecule has 1 aliphatic rings. The highest BCUT2D eigenvalue weighted by Gasteiger charge is 2.23. The van der Waals surface area contributed by atoms with Crippen LogP contribution in [0.15, 0.2) is 46.6 Å². The summed E-state index contributed by atoms with van der Waals surface area (Å²) in [7, 11) is 0. The smallest absolute Gasteiger partial charge is 0.162 e. The summed E-state index contributed by atoms with van der Waals surface area (Å²) >= 11 is 9.03. The molecule has 0 atom stereocenters. The second-order valence-electron chi connectivity index (χ2n) is 6.12. The highest BCUT2D eigenvalue weighted by molar-refractivity contribution is 9.10. The van der Waals surface area contributed by atoms with Crippen molar-refractivity contribution in [2.45, 2.75) is 6.54 Å². The molecule has 0 unspecified atom stereocenters. The largest absolute Gasteiger partial charge is 0.472 e. The van der Waals surface area contributed by atoms with Crippen LogP contribution in [0.5, 0.6) is 5.75 Å². The SMILES string of the molecule is O=C=C1CN(Cc2ccc(Cl)cc2)CCN1COc1cc(F)c(F)cc1Br. The maximum Gasteiger partial charge on any atom is 0.162 e. The Labute approximate surface area is 169 Å². The number of hydrogen-bond acceptors (Lipinski definition) is 4. The quantitative estimate of drug-likeness (QED) is 0.496. The summed E-state index contributed by atoms with van der Waals surface area (Å²) in [6.07, 6.45) is 0. The molecule has 1 fully saturated rings. The van der Waals surface area contributed by atoms with Gasteiger partial charge in [-0.1, -0.05) is 23.7 Å². The van der Waals surface area contributed by atoms with Gasteiger partial charge in [0.15, 0.2) is 18.4 Å². The van der Waals surface area contributed by atoms with Crippen LogP contribution in [0, 0.1) is 11.6 Å². The van der Waals surface area contributed by atoms with Crippen molar-refractivity contribution in [2.75, 3.05) is 26.4 Å². The number of piperazine rings is 1. The van der Waals surface area contributed by atoms with Crippen LogP contribution in [-0.4, -0.2) is 42.1 Å². The van der Waals surface area contributed by atoms with E-state index in [-0.39, 0.29) is 12.5 Å². The molecule has 142 valence electrons. The van der Waals surface area contributed by atoms with E-state index in [1.54, 1.807) is 4.90 Å². The zero-order chi connectivity index (χ0) is 19.4. The summed E-state index contributed by atoms with van der Waals surface area (Å²) in [6.45, 7) is 2.43. The third-order valence-corrected chi connectivity index (χ3v) is 5.10. The monoisotopic (exact) mass is 456 g/mol. The third kappa shape index (κ3) is 5.08. The molecule has 0 aromatic heterocycles. The van der Waals surface area contributed by atoms with Gasteiger partial charge in [0, 0.05) is 37.3 Å². The van der Waals surface area contributed by atoms with E-state index in [2.05, 4.69) is 20.8 Å². The van der Waals surface area contributed by atoms with Crippen molar-refractivity contribution in [2.24, 2.45) is 0 Å². The molecule has 3 rings (SSSR count). The second-order valence-corrected chi connectivity index (χ2v) is 7.41. The summed E-state index contributed by atoms with van der Waals surface area (Å²) in [6, 6.07) is 9.53. The van der Waals surface area contributed by atoms with E-state index in [0.29, 0.717) is 34.8 Å². The summed E-state index contributed by atoms with van der Waals surface area (Å²) < 4.78 is 32.4. The number of hydrogen-bond donors (Lipinski definition) is 0. The maximum atomic E-state index is 13.4. The summed E-state index contributed by atoms with van der Waals surface area (Å²) in [5, 5.41) is 0.678. The van der Waals surface area contributed by atoms with E-state index in [0.717, 1.165) is 24.2 Å². The lowest BCUT2D eigenvalue weighted by molar-refractivity contribution is 0.101. The number of ether oxygens (including phenoxy) is 1. The van der Waals surface area contributed by atoms with Gasteiger partial charge < -0.3 is 9.64 Å². The first-order valence-electron chi connectivity index (χ1n) is 8.19. The minimum absolute atomic E-state index is 0.0447. The van der Waals surface area contributed by atoms with Crippen LogP contribution in [0.2, 0.25) is 5.02 Å². The molecule has 0 N–H and O–H groups in total. The maximum absolute atomic E-state index is 13.4. The Kier molecular flexibility index (Phi) is 6.50. The van der Waals surface area contributed by atoms with Crippen molar-refractivity contribution < 1.29 is 18.3 Å². The van der Waals surface area contributed by atoms with E-state index in [4.69, 9.17) is 16.3 Å². The van der Waals surface area contributed by atoms with Gasteiger partial charge in [0.25, 0.3) is 0 Å². The van der Waals surface area contributed by atoms with Crippen LogP contribution in [0.4, 0.5) is 8.78 Å². The number of halogens is 4. The van der Waals surface area contributed by atoms with Crippen molar-refractivity contribution in [3.05, 3.63) is 68.8 Å². The molecule has 0 saturated carbocycles. The van der Waals surface area contributed by atoms with Gasteiger partial charge >= 0.3 is 0 Å². The predicted molar refractivity (Wildman–Crippen MR) is 102 cm³/mol. The third-order valence-electron chi connectivity index (χ3n) is 4.23. The lowest BCUT2D eigenvalue weighted by Crippen LogP contribution is -2.45. The molecular weight excluding hydrogens is 442 g/mol. The van der Waals surface area contributed by atoms with E-state index in [9.17, 15) is 13.6 Å². The molecule has 4 nitrogen and oxygen atoms in total. The number of carbonyl (C=O) groups excluding carboxylic acids is 1. The zero-order valence-electron chi connectivity index (χ0n) is 14.2. The van der Waals surface area contributed by atoms with Crippen molar-refractivity contribution in [1.29, 1.82) is 0 Å². The van der Waals surface area contributed by atoms with Gasteiger partial charge in [0.1, 0.15) is 17.4 Å². The highest BCUT2D eigenvalue weighted by Crippen LogP contribution is 2.28. The first kappa shape index (κ1) is 19.8. The van der Waals surface area contributed by atoms with Crippen molar-refractivity contribution in [3.8, 4) is 5.75 Å². The molecule has 0 amide bonds. The minimum atomic E-state index is -0.993. The summed E-state index contributed by atoms with van der Waals surface area (Å²) in [5.41, 5.74) is 1.55. The van der Waals surface area contributed by atoms with Crippen LogP contribution < -0.4 is 4.74 Å². The van der Waals surface area contributed by atoms with Gasteiger partial charge in [-0.05, 0) is 39.7 Å². The van der Waals surface area contributed by atoms with Crippen LogP contribution >= 0.6 is 27.5 Å². The average molecular weight is 458 g/mol. The van der Waals surface area contributed by atoms with Crippen molar-refractivity contribution in [3.63, 3.8) is 0 Å². The van der Waals surface area contributed by atoms with Crippen LogP contribution in [-0.2, 0) is 11.3 Å². The molecule has 1 saturated heterocycles. The Morgan fingerprint density at radius 2 is 1.85 bits per heavy atom. The second kappa shape index (κ2) is 8.85. The fourth-order valence-electron chi connectivity index (χ4n) is 2.77. The molecule has 0 spiro atoms. The number of rotatable bonds is 5. The molecule has 2 aromatic rings. The molecule has 0 radical (unpaired) electrons. The number of nitrogens with zero attached hydrogens (tertiary/aromatic N) is 2. The molecular formula is C19H16BrClF2N2O2. The van der Waals surface area contributed by atoms with Crippen molar-refractivity contribution in [1.82, 2.24) is 9.80 Å². The Balaban J connectivity index is 1.60. The van der Waals surface area contributed by atoms with Crippen molar-refractivity contribution >= 4 is 33.5 Å². The standard InChI is InChI=1S/C19H16BrClF2N2O2/c20-16-7-17(22)18(23)8-19(16)27-12-25-6-5-24(10-15(25)11-26)9-13-1-3-14(21)4-2-13/h1-4,7-8H,5-6,9-10,12H2. The van der Waals surface area contributed by atoms with Crippen LogP contribution in [0.3, 0.4) is 0 Å². The van der Waals surface area contributed by atoms with Gasteiger partial charge in [0.05, 0.1) is 4.47 Å². The van der Waals surface area contributed by atoms with Crippen LogP contribution in [0.25, 0.3) is 0 Å².